The second kappa shape index (κ2) is 8.52. The minimum Gasteiger partial charge on any atom is -0.493 e. The SMILES string of the molecule is CCC(N)(CC)CNC(=O)CCOc1ccccc1OC. The molecule has 0 bridgehead atoms. The maximum Gasteiger partial charge on any atom is 0.223 e. The molecule has 0 aliphatic rings. The Morgan fingerprint density at radius 1 is 1.24 bits per heavy atom. The van der Waals surface area contributed by atoms with Crippen LogP contribution in [0.2, 0.25) is 0 Å². The third-order valence-electron chi connectivity index (χ3n) is 3.70. The zero-order valence-corrected chi connectivity index (χ0v) is 13.1. The van der Waals surface area contributed by atoms with Gasteiger partial charge in [0.1, 0.15) is 0 Å². The topological polar surface area (TPSA) is 73.6 Å². The first-order valence-corrected chi connectivity index (χ1v) is 7.36. The largest absolute Gasteiger partial charge is 0.493 e. The highest BCUT2D eigenvalue weighted by molar-refractivity contribution is 5.76. The van der Waals surface area contributed by atoms with Crippen LogP contribution < -0.4 is 20.5 Å². The summed E-state index contributed by atoms with van der Waals surface area (Å²) in [4.78, 5) is 11.8. The summed E-state index contributed by atoms with van der Waals surface area (Å²) in [5.41, 5.74) is 5.82. The van der Waals surface area contributed by atoms with Crippen molar-refractivity contribution < 1.29 is 14.3 Å². The van der Waals surface area contributed by atoms with Crippen LogP contribution in [0.3, 0.4) is 0 Å². The molecule has 1 aromatic rings. The molecule has 118 valence electrons. The van der Waals surface area contributed by atoms with Gasteiger partial charge in [-0.2, -0.15) is 0 Å². The number of rotatable bonds is 9. The van der Waals surface area contributed by atoms with E-state index in [2.05, 4.69) is 5.32 Å². The van der Waals surface area contributed by atoms with Crippen molar-refractivity contribution in [2.45, 2.75) is 38.6 Å². The van der Waals surface area contributed by atoms with Gasteiger partial charge < -0.3 is 20.5 Å². The van der Waals surface area contributed by atoms with Crippen LogP contribution in [-0.2, 0) is 4.79 Å². The predicted octanol–water partition coefficient (Wildman–Crippen LogP) is 2.10. The second-order valence-electron chi connectivity index (χ2n) is 5.10. The number of ether oxygens (including phenoxy) is 2. The quantitative estimate of drug-likeness (QED) is 0.731. The van der Waals surface area contributed by atoms with E-state index in [1.807, 2.05) is 38.1 Å². The van der Waals surface area contributed by atoms with E-state index in [-0.39, 0.29) is 11.4 Å². The molecule has 1 aromatic carbocycles. The molecule has 0 heterocycles. The van der Waals surface area contributed by atoms with Gasteiger partial charge in [0.25, 0.3) is 0 Å². The molecule has 21 heavy (non-hydrogen) atoms. The van der Waals surface area contributed by atoms with Crippen molar-refractivity contribution in [1.29, 1.82) is 0 Å². The highest BCUT2D eigenvalue weighted by Gasteiger charge is 2.20. The molecule has 0 atom stereocenters. The molecular weight excluding hydrogens is 268 g/mol. The molecule has 0 fully saturated rings. The number of benzene rings is 1. The number of carbonyl (C=O) groups is 1. The normalized spacial score (nSPS) is 11.0. The van der Waals surface area contributed by atoms with Crippen LogP contribution in [0.1, 0.15) is 33.1 Å². The van der Waals surface area contributed by atoms with Gasteiger partial charge in [-0.05, 0) is 25.0 Å². The summed E-state index contributed by atoms with van der Waals surface area (Å²) in [5.74, 6) is 1.25. The Bertz CT molecular complexity index is 445. The Kier molecular flexibility index (Phi) is 7.02. The van der Waals surface area contributed by atoms with Gasteiger partial charge in [-0.25, -0.2) is 0 Å². The molecule has 0 aromatic heterocycles. The van der Waals surface area contributed by atoms with Gasteiger partial charge in [-0.3, -0.25) is 4.79 Å². The molecule has 0 saturated heterocycles. The average molecular weight is 294 g/mol. The van der Waals surface area contributed by atoms with Crippen molar-refractivity contribution >= 4 is 5.91 Å². The number of hydrogen-bond acceptors (Lipinski definition) is 4. The number of amides is 1. The number of hydrogen-bond donors (Lipinski definition) is 2. The number of nitrogens with one attached hydrogen (secondary N) is 1. The van der Waals surface area contributed by atoms with E-state index in [1.165, 1.54) is 0 Å². The number of carbonyl (C=O) groups excluding carboxylic acids is 1. The van der Waals surface area contributed by atoms with E-state index >= 15 is 0 Å². The highest BCUT2D eigenvalue weighted by Crippen LogP contribution is 2.25. The first kappa shape index (κ1) is 17.3. The Labute approximate surface area is 126 Å². The lowest BCUT2D eigenvalue weighted by atomic mass is 9.94. The third kappa shape index (κ3) is 5.63. The smallest absolute Gasteiger partial charge is 0.223 e. The maximum atomic E-state index is 11.8. The van der Waals surface area contributed by atoms with Crippen LogP contribution in [0.25, 0.3) is 0 Å². The van der Waals surface area contributed by atoms with E-state index < -0.39 is 0 Å². The number of nitrogens with two attached hydrogens (primary N) is 1. The fraction of sp³-hybridized carbons (Fsp3) is 0.562. The van der Waals surface area contributed by atoms with E-state index in [0.717, 1.165) is 12.8 Å². The van der Waals surface area contributed by atoms with Crippen molar-refractivity contribution in [2.75, 3.05) is 20.3 Å². The van der Waals surface area contributed by atoms with Crippen LogP contribution in [0, 0.1) is 0 Å². The summed E-state index contributed by atoms with van der Waals surface area (Å²) >= 11 is 0. The fourth-order valence-corrected chi connectivity index (χ4v) is 1.85. The van der Waals surface area contributed by atoms with Crippen molar-refractivity contribution in [3.63, 3.8) is 0 Å². The van der Waals surface area contributed by atoms with Gasteiger partial charge in [0, 0.05) is 12.1 Å². The summed E-state index contributed by atoms with van der Waals surface area (Å²) in [6, 6.07) is 7.37. The summed E-state index contributed by atoms with van der Waals surface area (Å²) in [7, 11) is 1.59. The van der Waals surface area contributed by atoms with E-state index in [9.17, 15) is 4.79 Å². The van der Waals surface area contributed by atoms with E-state index in [0.29, 0.717) is 31.1 Å². The van der Waals surface area contributed by atoms with Crippen LogP contribution in [0.4, 0.5) is 0 Å². The zero-order valence-electron chi connectivity index (χ0n) is 13.1. The zero-order chi connectivity index (χ0) is 15.7. The highest BCUT2D eigenvalue weighted by atomic mass is 16.5. The van der Waals surface area contributed by atoms with Gasteiger partial charge in [0.15, 0.2) is 11.5 Å². The summed E-state index contributed by atoms with van der Waals surface area (Å²) in [5, 5.41) is 2.86. The molecule has 0 aliphatic heterocycles. The Hall–Kier alpha value is -1.75. The molecular formula is C16H26N2O3. The predicted molar refractivity (Wildman–Crippen MR) is 83.6 cm³/mol. The summed E-state index contributed by atoms with van der Waals surface area (Å²) in [6.07, 6.45) is 1.96. The lowest BCUT2D eigenvalue weighted by molar-refractivity contribution is -0.121. The minimum absolute atomic E-state index is 0.0541. The van der Waals surface area contributed by atoms with Crippen LogP contribution in [0.5, 0.6) is 11.5 Å². The van der Waals surface area contributed by atoms with E-state index in [4.69, 9.17) is 15.2 Å². The molecule has 0 unspecified atom stereocenters. The van der Waals surface area contributed by atoms with Crippen LogP contribution in [0.15, 0.2) is 24.3 Å². The molecule has 5 heteroatoms. The molecule has 0 saturated carbocycles. The first-order chi connectivity index (χ1) is 10.0. The summed E-state index contributed by atoms with van der Waals surface area (Å²) in [6.45, 7) is 4.86. The molecule has 1 amide bonds. The molecule has 1 rings (SSSR count). The van der Waals surface area contributed by atoms with E-state index in [1.54, 1.807) is 7.11 Å². The standard InChI is InChI=1S/C16H26N2O3/c1-4-16(17,5-2)12-18-15(19)10-11-21-14-9-7-6-8-13(14)20-3/h6-9H,4-5,10-12,17H2,1-3H3,(H,18,19). The Balaban J connectivity index is 2.34. The molecule has 0 spiro atoms. The molecule has 3 N–H and O–H groups in total. The first-order valence-electron chi connectivity index (χ1n) is 7.36. The summed E-state index contributed by atoms with van der Waals surface area (Å²) < 4.78 is 10.7. The molecule has 0 radical (unpaired) electrons. The lowest BCUT2D eigenvalue weighted by Crippen LogP contribution is -2.49. The Morgan fingerprint density at radius 2 is 1.86 bits per heavy atom. The van der Waals surface area contributed by atoms with Gasteiger partial charge in [-0.1, -0.05) is 26.0 Å². The monoisotopic (exact) mass is 294 g/mol. The fourth-order valence-electron chi connectivity index (χ4n) is 1.85. The molecule has 0 aliphatic carbocycles. The van der Waals surface area contributed by atoms with Crippen molar-refractivity contribution in [3.8, 4) is 11.5 Å². The van der Waals surface area contributed by atoms with Gasteiger partial charge in [0.2, 0.25) is 5.91 Å². The minimum atomic E-state index is -0.320. The Morgan fingerprint density at radius 3 is 2.43 bits per heavy atom. The van der Waals surface area contributed by atoms with Gasteiger partial charge >= 0.3 is 0 Å². The molecule has 5 nitrogen and oxygen atoms in total. The second-order valence-corrected chi connectivity index (χ2v) is 5.10. The van der Waals surface area contributed by atoms with Gasteiger partial charge in [-0.15, -0.1) is 0 Å². The van der Waals surface area contributed by atoms with Crippen LogP contribution >= 0.6 is 0 Å². The third-order valence-corrected chi connectivity index (χ3v) is 3.70. The van der Waals surface area contributed by atoms with Gasteiger partial charge in [0.05, 0.1) is 20.1 Å². The number of para-hydroxylation sites is 2. The van der Waals surface area contributed by atoms with Crippen molar-refractivity contribution in [1.82, 2.24) is 5.32 Å². The van der Waals surface area contributed by atoms with Crippen molar-refractivity contribution in [3.05, 3.63) is 24.3 Å². The average Bonchev–Trinajstić information content (AvgIpc) is 2.53. The van der Waals surface area contributed by atoms with Crippen molar-refractivity contribution in [2.24, 2.45) is 5.73 Å². The number of methoxy groups -OCH3 is 1. The maximum absolute atomic E-state index is 11.8. The lowest BCUT2D eigenvalue weighted by Gasteiger charge is -2.26. The van der Waals surface area contributed by atoms with Crippen LogP contribution in [-0.4, -0.2) is 31.7 Å².